The Labute approximate surface area is 165 Å². The van der Waals surface area contributed by atoms with E-state index in [1.54, 1.807) is 7.05 Å². The van der Waals surface area contributed by atoms with Crippen molar-refractivity contribution in [2.45, 2.75) is 45.1 Å². The third-order valence-corrected chi connectivity index (χ3v) is 4.90. The summed E-state index contributed by atoms with van der Waals surface area (Å²) < 4.78 is 11.0. The van der Waals surface area contributed by atoms with Crippen molar-refractivity contribution in [3.63, 3.8) is 0 Å². The van der Waals surface area contributed by atoms with Gasteiger partial charge in [-0.3, -0.25) is 4.99 Å². The molecule has 1 aromatic rings. The first kappa shape index (κ1) is 21.5. The van der Waals surface area contributed by atoms with Crippen LogP contribution in [0.3, 0.4) is 0 Å². The van der Waals surface area contributed by atoms with Crippen molar-refractivity contribution in [3.05, 3.63) is 11.7 Å². The molecule has 0 amide bonds. The third kappa shape index (κ3) is 6.07. The van der Waals surface area contributed by atoms with Crippen LogP contribution >= 0.6 is 35.7 Å². The maximum absolute atomic E-state index is 5.47. The Balaban J connectivity index is 0.00000288. The van der Waals surface area contributed by atoms with Crippen molar-refractivity contribution >= 4 is 41.7 Å². The summed E-state index contributed by atoms with van der Waals surface area (Å²) in [5.41, 5.74) is 0. The minimum atomic E-state index is -0.156. The Bertz CT molecular complexity index is 538. The molecule has 1 unspecified atom stereocenters. The molecule has 1 aromatic heterocycles. The van der Waals surface area contributed by atoms with Crippen LogP contribution in [-0.2, 0) is 11.3 Å². The molecule has 9 heteroatoms. The lowest BCUT2D eigenvalue weighted by Crippen LogP contribution is -2.50. The summed E-state index contributed by atoms with van der Waals surface area (Å²) in [7, 11) is 1.80. The van der Waals surface area contributed by atoms with Crippen LogP contribution in [0.4, 0.5) is 0 Å². The lowest BCUT2D eigenvalue weighted by molar-refractivity contribution is 0.0683. The van der Waals surface area contributed by atoms with Gasteiger partial charge in [-0.05, 0) is 27.7 Å². The molecular formula is C15H28IN5O2S. The summed E-state index contributed by atoms with van der Waals surface area (Å²) in [5.74, 6) is 3.09. The minimum Gasteiger partial charge on any atom is -0.371 e. The van der Waals surface area contributed by atoms with Crippen LogP contribution in [0.1, 0.15) is 45.5 Å². The van der Waals surface area contributed by atoms with Gasteiger partial charge in [0.2, 0.25) is 5.89 Å². The zero-order valence-electron chi connectivity index (χ0n) is 15.0. The van der Waals surface area contributed by atoms with Gasteiger partial charge in [-0.15, -0.1) is 24.0 Å². The van der Waals surface area contributed by atoms with E-state index in [2.05, 4.69) is 39.2 Å². The average molecular weight is 469 g/mol. The molecule has 1 aliphatic heterocycles. The van der Waals surface area contributed by atoms with Crippen molar-refractivity contribution in [2.75, 3.05) is 32.5 Å². The predicted octanol–water partition coefficient (Wildman–Crippen LogP) is 2.69. The first-order valence-electron chi connectivity index (χ1n) is 7.99. The van der Waals surface area contributed by atoms with E-state index in [0.29, 0.717) is 24.9 Å². The molecule has 1 fully saturated rings. The van der Waals surface area contributed by atoms with Crippen LogP contribution in [0.5, 0.6) is 0 Å². The standard InChI is InChI=1S/C15H27N5O2S.HI/c1-6-21-11(2)13-18-12(22-19-13)9-17-14(16-5)20-7-8-23-15(3,4)10-20;/h11H,6-10H2,1-5H3,(H,16,17);1H. The molecule has 0 aromatic carbocycles. The van der Waals surface area contributed by atoms with E-state index in [-0.39, 0.29) is 34.8 Å². The van der Waals surface area contributed by atoms with Gasteiger partial charge in [0.25, 0.3) is 0 Å². The number of aliphatic imine (C=N–C) groups is 1. The Kier molecular flexibility index (Phi) is 8.78. The summed E-state index contributed by atoms with van der Waals surface area (Å²) in [5, 5.41) is 7.27. The predicted molar refractivity (Wildman–Crippen MR) is 108 cm³/mol. The van der Waals surface area contributed by atoms with E-state index in [0.717, 1.165) is 24.8 Å². The first-order valence-corrected chi connectivity index (χ1v) is 8.97. The van der Waals surface area contributed by atoms with Crippen LogP contribution in [0.15, 0.2) is 9.52 Å². The molecule has 138 valence electrons. The Morgan fingerprint density at radius 2 is 2.29 bits per heavy atom. The summed E-state index contributed by atoms with van der Waals surface area (Å²) in [6.07, 6.45) is -0.156. The molecule has 2 rings (SSSR count). The summed E-state index contributed by atoms with van der Waals surface area (Å²) >= 11 is 2.00. The van der Waals surface area contributed by atoms with Gasteiger partial charge < -0.3 is 19.5 Å². The Morgan fingerprint density at radius 1 is 1.54 bits per heavy atom. The van der Waals surface area contributed by atoms with Crippen molar-refractivity contribution < 1.29 is 9.26 Å². The number of nitrogens with zero attached hydrogens (tertiary/aromatic N) is 4. The van der Waals surface area contributed by atoms with E-state index < -0.39 is 0 Å². The number of thioether (sulfide) groups is 1. The monoisotopic (exact) mass is 469 g/mol. The molecule has 0 radical (unpaired) electrons. The van der Waals surface area contributed by atoms with Gasteiger partial charge in [0.15, 0.2) is 11.8 Å². The number of halogens is 1. The van der Waals surface area contributed by atoms with Crippen LogP contribution < -0.4 is 5.32 Å². The van der Waals surface area contributed by atoms with Crippen molar-refractivity contribution in [2.24, 2.45) is 4.99 Å². The molecule has 0 saturated carbocycles. The van der Waals surface area contributed by atoms with Crippen molar-refractivity contribution in [3.8, 4) is 0 Å². The van der Waals surface area contributed by atoms with Gasteiger partial charge in [0.05, 0.1) is 6.54 Å². The SMILES string of the molecule is CCOC(C)c1noc(CNC(=NC)N2CCSC(C)(C)C2)n1.I. The van der Waals surface area contributed by atoms with E-state index in [9.17, 15) is 0 Å². The summed E-state index contributed by atoms with van der Waals surface area (Å²) in [6, 6.07) is 0. The van der Waals surface area contributed by atoms with Gasteiger partial charge in [0, 0.05) is 37.2 Å². The zero-order valence-corrected chi connectivity index (χ0v) is 18.2. The highest BCUT2D eigenvalue weighted by Crippen LogP contribution is 2.29. The van der Waals surface area contributed by atoms with Crippen molar-refractivity contribution in [1.82, 2.24) is 20.4 Å². The zero-order chi connectivity index (χ0) is 16.9. The second kappa shape index (κ2) is 9.81. The highest BCUT2D eigenvalue weighted by molar-refractivity contribution is 14.0. The molecule has 0 bridgehead atoms. The maximum atomic E-state index is 5.47. The molecule has 1 saturated heterocycles. The highest BCUT2D eigenvalue weighted by atomic mass is 127. The smallest absolute Gasteiger partial charge is 0.246 e. The van der Waals surface area contributed by atoms with E-state index in [1.165, 1.54) is 0 Å². The van der Waals surface area contributed by atoms with Gasteiger partial charge in [-0.25, -0.2) is 0 Å². The first-order chi connectivity index (χ1) is 10.9. The number of guanidine groups is 1. The molecular weight excluding hydrogens is 441 g/mol. The number of nitrogens with one attached hydrogen (secondary N) is 1. The van der Waals surface area contributed by atoms with Crippen molar-refractivity contribution in [1.29, 1.82) is 0 Å². The molecule has 1 atom stereocenters. The second-order valence-corrected chi connectivity index (χ2v) is 7.88. The van der Waals surface area contributed by atoms with Gasteiger partial charge in [-0.1, -0.05) is 5.16 Å². The lowest BCUT2D eigenvalue weighted by Gasteiger charge is -2.39. The second-order valence-electron chi connectivity index (χ2n) is 6.07. The van der Waals surface area contributed by atoms with Gasteiger partial charge in [0.1, 0.15) is 6.10 Å². The topological polar surface area (TPSA) is 75.8 Å². The quantitative estimate of drug-likeness (QED) is 0.404. The summed E-state index contributed by atoms with van der Waals surface area (Å²) in [4.78, 5) is 11.0. The van der Waals surface area contributed by atoms with E-state index in [1.807, 2.05) is 25.6 Å². The number of aromatic nitrogens is 2. The van der Waals surface area contributed by atoms with Crippen LogP contribution in [0.2, 0.25) is 0 Å². The fourth-order valence-electron chi connectivity index (χ4n) is 2.51. The largest absolute Gasteiger partial charge is 0.371 e. The van der Waals surface area contributed by atoms with Crippen LogP contribution in [0.25, 0.3) is 0 Å². The lowest BCUT2D eigenvalue weighted by atomic mass is 10.2. The van der Waals surface area contributed by atoms with Gasteiger partial charge >= 0.3 is 0 Å². The third-order valence-electron chi connectivity index (χ3n) is 3.60. The number of rotatable bonds is 5. The normalized spacial score (nSPS) is 18.9. The number of hydrogen-bond acceptors (Lipinski definition) is 6. The van der Waals surface area contributed by atoms with Crippen LogP contribution in [-0.4, -0.2) is 58.2 Å². The average Bonchev–Trinajstić information content (AvgIpc) is 2.96. The number of hydrogen-bond donors (Lipinski definition) is 1. The molecule has 2 heterocycles. The maximum Gasteiger partial charge on any atom is 0.246 e. The van der Waals surface area contributed by atoms with Crippen LogP contribution in [0, 0.1) is 0 Å². The summed E-state index contributed by atoms with van der Waals surface area (Å²) in [6.45, 7) is 11.4. The fourth-order valence-corrected chi connectivity index (χ4v) is 3.63. The van der Waals surface area contributed by atoms with Gasteiger partial charge in [-0.2, -0.15) is 16.7 Å². The molecule has 7 nitrogen and oxygen atoms in total. The molecule has 24 heavy (non-hydrogen) atoms. The molecule has 1 N–H and O–H groups in total. The minimum absolute atomic E-state index is 0. The molecule has 1 aliphatic rings. The Morgan fingerprint density at radius 3 is 2.92 bits per heavy atom. The highest BCUT2D eigenvalue weighted by Gasteiger charge is 2.28. The Hall–Kier alpha value is -0.550. The fraction of sp³-hybridized carbons (Fsp3) is 0.800. The molecule has 0 spiro atoms. The number of ether oxygens (including phenoxy) is 1. The molecule has 0 aliphatic carbocycles. The van der Waals surface area contributed by atoms with E-state index >= 15 is 0 Å². The van der Waals surface area contributed by atoms with E-state index in [4.69, 9.17) is 9.26 Å².